The molecule has 0 bridgehead atoms. The van der Waals surface area contributed by atoms with Gasteiger partial charge in [0.05, 0.1) is 29.7 Å². The number of fused-ring (bicyclic) bond motifs is 1. The van der Waals surface area contributed by atoms with Gasteiger partial charge in [-0.05, 0) is 90.1 Å². The van der Waals surface area contributed by atoms with E-state index in [1.165, 1.54) is 0 Å². The lowest BCUT2D eigenvalue weighted by atomic mass is 9.91. The molecule has 38 heavy (non-hydrogen) atoms. The van der Waals surface area contributed by atoms with E-state index in [2.05, 4.69) is 16.5 Å². The molecule has 0 radical (unpaired) electrons. The minimum Gasteiger partial charge on any atom is -0.494 e. The van der Waals surface area contributed by atoms with E-state index >= 15 is 0 Å². The smallest absolute Gasteiger partial charge is 0.420 e. The van der Waals surface area contributed by atoms with Crippen LogP contribution in [-0.4, -0.2) is 40.0 Å². The van der Waals surface area contributed by atoms with Gasteiger partial charge in [-0.3, -0.25) is 0 Å². The predicted molar refractivity (Wildman–Crippen MR) is 149 cm³/mol. The second kappa shape index (κ2) is 11.3. The molecule has 202 valence electrons. The van der Waals surface area contributed by atoms with Crippen LogP contribution < -0.4 is 20.7 Å². The molecule has 0 saturated heterocycles. The molecule has 0 unspecified atom stereocenters. The fourth-order valence-electron chi connectivity index (χ4n) is 4.96. The van der Waals surface area contributed by atoms with Crippen molar-refractivity contribution in [3.63, 3.8) is 0 Å². The number of carbonyl (C=O) groups excluding carboxylic acids is 1. The molecule has 4 rings (SSSR count). The first-order chi connectivity index (χ1) is 18.2. The molecule has 2 heterocycles. The Hall–Kier alpha value is -3.77. The van der Waals surface area contributed by atoms with Crippen molar-refractivity contribution in [2.24, 2.45) is 5.73 Å². The Morgan fingerprint density at radius 2 is 1.87 bits per heavy atom. The van der Waals surface area contributed by atoms with Crippen LogP contribution in [0.15, 0.2) is 36.5 Å². The SMILES string of the molecule is CCOc1ccc(N(C(=O)OC(C)(C)C)c2c(CC)c(NC3CCC(N)CC3)c(C#N)c3ccnn23)cc1. The van der Waals surface area contributed by atoms with Crippen LogP contribution in [0.25, 0.3) is 5.52 Å². The number of nitrogens with one attached hydrogen (secondary N) is 1. The van der Waals surface area contributed by atoms with Crippen molar-refractivity contribution in [1.29, 1.82) is 5.26 Å². The number of rotatable bonds is 7. The van der Waals surface area contributed by atoms with E-state index in [4.69, 9.17) is 15.2 Å². The summed E-state index contributed by atoms with van der Waals surface area (Å²) in [5.74, 6) is 1.25. The zero-order valence-corrected chi connectivity index (χ0v) is 23.0. The van der Waals surface area contributed by atoms with Crippen molar-refractivity contribution in [2.45, 2.75) is 84.4 Å². The number of nitriles is 1. The molecule has 3 N–H and O–H groups in total. The lowest BCUT2D eigenvalue weighted by molar-refractivity contribution is 0.0597. The van der Waals surface area contributed by atoms with E-state index in [-0.39, 0.29) is 12.1 Å². The van der Waals surface area contributed by atoms with Crippen LogP contribution in [0, 0.1) is 11.3 Å². The van der Waals surface area contributed by atoms with Gasteiger partial charge in [-0.15, -0.1) is 0 Å². The Balaban J connectivity index is 1.93. The van der Waals surface area contributed by atoms with Gasteiger partial charge in [0.2, 0.25) is 0 Å². The van der Waals surface area contributed by atoms with Crippen LogP contribution in [-0.2, 0) is 11.2 Å². The molecular weight excluding hydrogens is 480 g/mol. The van der Waals surface area contributed by atoms with Crippen molar-refractivity contribution >= 4 is 28.8 Å². The van der Waals surface area contributed by atoms with E-state index in [1.807, 2.05) is 58.9 Å². The molecule has 0 atom stereocenters. The van der Waals surface area contributed by atoms with E-state index in [9.17, 15) is 10.1 Å². The zero-order valence-electron chi connectivity index (χ0n) is 23.0. The van der Waals surface area contributed by atoms with Gasteiger partial charge >= 0.3 is 6.09 Å². The molecule has 2 aromatic heterocycles. The Morgan fingerprint density at radius 1 is 1.18 bits per heavy atom. The van der Waals surface area contributed by atoms with Gasteiger partial charge < -0.3 is 20.5 Å². The summed E-state index contributed by atoms with van der Waals surface area (Å²) >= 11 is 0. The number of nitrogens with zero attached hydrogens (tertiary/aromatic N) is 4. The Kier molecular flexibility index (Phi) is 8.12. The third-order valence-electron chi connectivity index (χ3n) is 6.70. The van der Waals surface area contributed by atoms with Gasteiger partial charge in [-0.1, -0.05) is 6.92 Å². The number of ether oxygens (including phenoxy) is 2. The normalized spacial score (nSPS) is 17.6. The molecule has 1 aliphatic rings. The number of hydrogen-bond donors (Lipinski definition) is 2. The minimum atomic E-state index is -0.718. The van der Waals surface area contributed by atoms with Crippen molar-refractivity contribution in [3.05, 3.63) is 47.7 Å². The highest BCUT2D eigenvalue weighted by molar-refractivity contribution is 5.98. The third kappa shape index (κ3) is 5.70. The van der Waals surface area contributed by atoms with Gasteiger partial charge in [-0.25, -0.2) is 14.2 Å². The van der Waals surface area contributed by atoms with Crippen LogP contribution >= 0.6 is 0 Å². The number of nitrogens with two attached hydrogens (primary N) is 1. The first-order valence-corrected chi connectivity index (χ1v) is 13.4. The number of hydrogen-bond acceptors (Lipinski definition) is 7. The van der Waals surface area contributed by atoms with Gasteiger partial charge in [-0.2, -0.15) is 10.4 Å². The Morgan fingerprint density at radius 3 is 2.45 bits per heavy atom. The first-order valence-electron chi connectivity index (χ1n) is 13.4. The van der Waals surface area contributed by atoms with Crippen LogP contribution in [0.4, 0.5) is 22.0 Å². The summed E-state index contributed by atoms with van der Waals surface area (Å²) in [4.78, 5) is 15.4. The Labute approximate surface area is 224 Å². The van der Waals surface area contributed by atoms with Crippen LogP contribution in [0.2, 0.25) is 0 Å². The summed E-state index contributed by atoms with van der Waals surface area (Å²) < 4.78 is 13.2. The summed E-state index contributed by atoms with van der Waals surface area (Å²) in [6.07, 6.45) is 5.37. The molecule has 0 aliphatic heterocycles. The average molecular weight is 519 g/mol. The molecule has 3 aromatic rings. The van der Waals surface area contributed by atoms with Crippen molar-refractivity contribution in [1.82, 2.24) is 9.61 Å². The Bertz CT molecular complexity index is 1310. The molecule has 9 heteroatoms. The van der Waals surface area contributed by atoms with Crippen molar-refractivity contribution in [2.75, 3.05) is 16.8 Å². The maximum atomic E-state index is 13.8. The second-order valence-corrected chi connectivity index (χ2v) is 10.6. The maximum absolute atomic E-state index is 13.8. The summed E-state index contributed by atoms with van der Waals surface area (Å²) in [7, 11) is 0. The monoisotopic (exact) mass is 518 g/mol. The van der Waals surface area contributed by atoms with Gasteiger partial charge in [0.1, 0.15) is 28.8 Å². The maximum Gasteiger partial charge on any atom is 0.420 e. The summed E-state index contributed by atoms with van der Waals surface area (Å²) in [5.41, 5.74) is 8.71. The summed E-state index contributed by atoms with van der Waals surface area (Å²) in [5, 5.41) is 18.5. The number of anilines is 3. The van der Waals surface area contributed by atoms with E-state index < -0.39 is 11.7 Å². The van der Waals surface area contributed by atoms with Gasteiger partial charge in [0.25, 0.3) is 0 Å². The summed E-state index contributed by atoms with van der Waals surface area (Å²) in [6, 6.07) is 11.9. The first kappa shape index (κ1) is 27.3. The molecule has 0 spiro atoms. The average Bonchev–Trinajstić information content (AvgIpc) is 3.35. The number of carbonyl (C=O) groups is 1. The number of pyridine rings is 1. The second-order valence-electron chi connectivity index (χ2n) is 10.6. The number of benzene rings is 1. The van der Waals surface area contributed by atoms with Crippen LogP contribution in [0.5, 0.6) is 5.75 Å². The molecule has 9 nitrogen and oxygen atoms in total. The van der Waals surface area contributed by atoms with Crippen molar-refractivity contribution in [3.8, 4) is 11.8 Å². The van der Waals surface area contributed by atoms with E-state index in [0.29, 0.717) is 41.4 Å². The summed E-state index contributed by atoms with van der Waals surface area (Å²) in [6.45, 7) is 10.00. The molecule has 1 amide bonds. The molecule has 1 fully saturated rings. The molecule has 1 aliphatic carbocycles. The standard InChI is InChI=1S/C29H38N6O3/c1-6-23-26(33-20-10-8-19(31)9-11-20)24(18-30)25-16-17-32-35(25)27(23)34(28(36)38-29(3,4)5)21-12-14-22(15-13-21)37-7-2/h12-17,19-20,33H,6-11,31H2,1-5H3. The lowest BCUT2D eigenvalue weighted by Crippen LogP contribution is -2.36. The van der Waals surface area contributed by atoms with Gasteiger partial charge in [0.15, 0.2) is 0 Å². The van der Waals surface area contributed by atoms with Crippen molar-refractivity contribution < 1.29 is 14.3 Å². The molecular formula is C29H38N6O3. The predicted octanol–water partition coefficient (Wildman–Crippen LogP) is 5.92. The quantitative estimate of drug-likeness (QED) is 0.398. The van der Waals surface area contributed by atoms with Gasteiger partial charge in [0, 0.05) is 17.6 Å². The zero-order chi connectivity index (χ0) is 27.4. The van der Waals surface area contributed by atoms with E-state index in [0.717, 1.165) is 36.9 Å². The number of amides is 1. The fraction of sp³-hybridized carbons (Fsp3) is 0.483. The van der Waals surface area contributed by atoms with Crippen LogP contribution in [0.1, 0.15) is 71.4 Å². The number of aromatic nitrogens is 2. The van der Waals surface area contributed by atoms with E-state index in [1.54, 1.807) is 21.7 Å². The molecule has 1 aromatic carbocycles. The fourth-order valence-corrected chi connectivity index (χ4v) is 4.96. The topological polar surface area (TPSA) is 118 Å². The highest BCUT2D eigenvalue weighted by Crippen LogP contribution is 2.40. The highest BCUT2D eigenvalue weighted by Gasteiger charge is 2.32. The third-order valence-corrected chi connectivity index (χ3v) is 6.70. The minimum absolute atomic E-state index is 0.186. The van der Waals surface area contributed by atoms with Crippen LogP contribution in [0.3, 0.4) is 0 Å². The molecule has 1 saturated carbocycles. The highest BCUT2D eigenvalue weighted by atomic mass is 16.6. The largest absolute Gasteiger partial charge is 0.494 e. The lowest BCUT2D eigenvalue weighted by Gasteiger charge is -2.32.